The molecule has 2 rings (SSSR count). The van der Waals surface area contributed by atoms with Crippen molar-refractivity contribution in [3.8, 4) is 5.75 Å². The first kappa shape index (κ1) is 8.26. The summed E-state index contributed by atoms with van der Waals surface area (Å²) in [5, 5.41) is 9.43. The SMILES string of the molecule is [NH3+]c1cc(C2CC2)cc(C=O)c1O. The number of aldehydes is 1. The van der Waals surface area contributed by atoms with Gasteiger partial charge in [-0.1, -0.05) is 0 Å². The van der Waals surface area contributed by atoms with Crippen LogP contribution in [0.15, 0.2) is 12.1 Å². The van der Waals surface area contributed by atoms with E-state index in [-0.39, 0.29) is 5.75 Å². The van der Waals surface area contributed by atoms with E-state index < -0.39 is 0 Å². The van der Waals surface area contributed by atoms with Gasteiger partial charge in [-0.2, -0.15) is 0 Å². The van der Waals surface area contributed by atoms with Crippen molar-refractivity contribution in [2.75, 3.05) is 0 Å². The molecule has 3 nitrogen and oxygen atoms in total. The van der Waals surface area contributed by atoms with E-state index in [1.54, 1.807) is 6.07 Å². The summed E-state index contributed by atoms with van der Waals surface area (Å²) in [6.07, 6.45) is 3.04. The van der Waals surface area contributed by atoms with Gasteiger partial charge in [0.25, 0.3) is 0 Å². The summed E-state index contributed by atoms with van der Waals surface area (Å²) in [7, 11) is 0. The van der Waals surface area contributed by atoms with Crippen molar-refractivity contribution in [1.29, 1.82) is 0 Å². The molecule has 4 N–H and O–H groups in total. The van der Waals surface area contributed by atoms with E-state index in [2.05, 4.69) is 5.73 Å². The molecule has 0 atom stereocenters. The number of quaternary nitrogens is 1. The van der Waals surface area contributed by atoms with Crippen LogP contribution < -0.4 is 5.73 Å². The summed E-state index contributed by atoms with van der Waals surface area (Å²) in [5.74, 6) is 0.596. The van der Waals surface area contributed by atoms with E-state index >= 15 is 0 Å². The topological polar surface area (TPSA) is 64.9 Å². The minimum Gasteiger partial charge on any atom is -0.502 e. The Labute approximate surface area is 76.2 Å². The highest BCUT2D eigenvalue weighted by Crippen LogP contribution is 2.42. The van der Waals surface area contributed by atoms with Gasteiger partial charge in [0.15, 0.2) is 17.7 Å². The van der Waals surface area contributed by atoms with Gasteiger partial charge in [-0.15, -0.1) is 0 Å². The van der Waals surface area contributed by atoms with Crippen molar-refractivity contribution in [1.82, 2.24) is 0 Å². The summed E-state index contributed by atoms with van der Waals surface area (Å²) in [5.41, 5.74) is 5.72. The highest BCUT2D eigenvalue weighted by atomic mass is 16.3. The van der Waals surface area contributed by atoms with Crippen LogP contribution in [0.3, 0.4) is 0 Å². The first-order chi connectivity index (χ1) is 6.22. The molecule has 0 saturated heterocycles. The fourth-order valence-electron chi connectivity index (χ4n) is 1.49. The summed E-state index contributed by atoms with van der Waals surface area (Å²) in [4.78, 5) is 10.6. The van der Waals surface area contributed by atoms with Crippen molar-refractivity contribution in [3.63, 3.8) is 0 Å². The highest BCUT2D eigenvalue weighted by Gasteiger charge is 2.25. The van der Waals surface area contributed by atoms with Crippen molar-refractivity contribution in [3.05, 3.63) is 23.3 Å². The van der Waals surface area contributed by atoms with Gasteiger partial charge in [0, 0.05) is 6.07 Å². The summed E-state index contributed by atoms with van der Waals surface area (Å²) < 4.78 is 0. The Morgan fingerprint density at radius 1 is 1.46 bits per heavy atom. The number of benzene rings is 1. The maximum Gasteiger partial charge on any atom is 0.187 e. The number of hydrogen-bond acceptors (Lipinski definition) is 2. The Hall–Kier alpha value is -1.35. The number of rotatable bonds is 2. The lowest BCUT2D eigenvalue weighted by Gasteiger charge is -2.02. The minimum absolute atomic E-state index is 0.0133. The zero-order valence-electron chi connectivity index (χ0n) is 7.29. The second-order valence-corrected chi connectivity index (χ2v) is 3.51. The van der Waals surface area contributed by atoms with Gasteiger partial charge in [0.05, 0.1) is 5.56 Å². The van der Waals surface area contributed by atoms with Gasteiger partial charge in [0.1, 0.15) is 0 Å². The van der Waals surface area contributed by atoms with Crippen LogP contribution in [0.5, 0.6) is 5.75 Å². The predicted octanol–water partition coefficient (Wildman–Crippen LogP) is 0.956. The molecule has 68 valence electrons. The second kappa shape index (κ2) is 2.85. The van der Waals surface area contributed by atoms with Crippen LogP contribution in [0, 0.1) is 0 Å². The molecule has 0 spiro atoms. The number of carbonyl (C=O) groups excluding carboxylic acids is 1. The van der Waals surface area contributed by atoms with E-state index in [0.717, 1.165) is 5.56 Å². The third-order valence-electron chi connectivity index (χ3n) is 2.42. The van der Waals surface area contributed by atoms with Crippen LogP contribution in [0.1, 0.15) is 34.7 Å². The number of aromatic hydroxyl groups is 1. The smallest absolute Gasteiger partial charge is 0.187 e. The number of phenolic OH excluding ortho intramolecular Hbond substituents is 1. The average Bonchev–Trinajstić information content (AvgIpc) is 2.92. The first-order valence-electron chi connectivity index (χ1n) is 4.36. The fraction of sp³-hybridized carbons (Fsp3) is 0.300. The lowest BCUT2D eigenvalue weighted by molar-refractivity contribution is -0.256. The molecule has 1 aliphatic carbocycles. The summed E-state index contributed by atoms with van der Waals surface area (Å²) in [6.45, 7) is 0. The van der Waals surface area contributed by atoms with Gasteiger partial charge in [-0.3, -0.25) is 4.79 Å². The van der Waals surface area contributed by atoms with Gasteiger partial charge in [-0.25, -0.2) is 0 Å². The highest BCUT2D eigenvalue weighted by molar-refractivity contribution is 5.82. The van der Waals surface area contributed by atoms with Crippen molar-refractivity contribution >= 4 is 12.0 Å². The van der Waals surface area contributed by atoms with E-state index in [9.17, 15) is 9.90 Å². The Balaban J connectivity index is 2.49. The number of carbonyl (C=O) groups is 1. The van der Waals surface area contributed by atoms with Crippen molar-refractivity contribution in [2.45, 2.75) is 18.8 Å². The van der Waals surface area contributed by atoms with Crippen molar-refractivity contribution in [2.24, 2.45) is 0 Å². The molecule has 1 aromatic rings. The third-order valence-corrected chi connectivity index (χ3v) is 2.42. The Morgan fingerprint density at radius 3 is 2.69 bits per heavy atom. The van der Waals surface area contributed by atoms with Gasteiger partial charge < -0.3 is 10.8 Å². The number of phenols is 1. The normalized spacial score (nSPS) is 15.8. The molecule has 0 radical (unpaired) electrons. The summed E-state index contributed by atoms with van der Waals surface area (Å²) in [6, 6.07) is 3.62. The molecule has 0 aliphatic heterocycles. The molecule has 3 heteroatoms. The monoisotopic (exact) mass is 178 g/mol. The second-order valence-electron chi connectivity index (χ2n) is 3.51. The van der Waals surface area contributed by atoms with Gasteiger partial charge >= 0.3 is 0 Å². The summed E-state index contributed by atoms with van der Waals surface area (Å²) >= 11 is 0. The molecule has 0 heterocycles. The molecular formula is C10H12NO2+. The Kier molecular flexibility index (Phi) is 1.81. The van der Waals surface area contributed by atoms with Crippen molar-refractivity contribution < 1.29 is 15.6 Å². The molecule has 1 saturated carbocycles. The molecule has 0 bridgehead atoms. The fourth-order valence-corrected chi connectivity index (χ4v) is 1.49. The number of hydrogen-bond donors (Lipinski definition) is 2. The molecule has 0 unspecified atom stereocenters. The van der Waals surface area contributed by atoms with E-state index in [4.69, 9.17) is 0 Å². The molecule has 1 aliphatic rings. The predicted molar refractivity (Wildman–Crippen MR) is 48.0 cm³/mol. The van der Waals surface area contributed by atoms with E-state index in [0.29, 0.717) is 23.5 Å². The lowest BCUT2D eigenvalue weighted by Crippen LogP contribution is -2.40. The standard InChI is InChI=1S/C10H11NO2/c11-9-4-7(6-1-2-6)3-8(5-12)10(9)13/h3-6,13H,1-2,11H2/p+1. The van der Waals surface area contributed by atoms with Crippen LogP contribution in [0.25, 0.3) is 0 Å². The maximum absolute atomic E-state index is 10.6. The zero-order valence-corrected chi connectivity index (χ0v) is 7.29. The molecule has 0 amide bonds. The van der Waals surface area contributed by atoms with E-state index in [1.807, 2.05) is 6.07 Å². The maximum atomic E-state index is 10.6. The zero-order chi connectivity index (χ0) is 9.42. The third kappa shape index (κ3) is 1.42. The molecule has 13 heavy (non-hydrogen) atoms. The largest absolute Gasteiger partial charge is 0.502 e. The van der Waals surface area contributed by atoms with E-state index in [1.165, 1.54) is 12.8 Å². The lowest BCUT2D eigenvalue weighted by atomic mass is 10.1. The van der Waals surface area contributed by atoms with Gasteiger partial charge in [0.2, 0.25) is 0 Å². The van der Waals surface area contributed by atoms with Crippen LogP contribution in [-0.2, 0) is 0 Å². The van der Waals surface area contributed by atoms with Gasteiger partial charge in [-0.05, 0) is 30.4 Å². The van der Waals surface area contributed by atoms with Crippen LogP contribution in [-0.4, -0.2) is 11.4 Å². The quantitative estimate of drug-likeness (QED) is 0.662. The molecule has 1 fully saturated rings. The molecule has 1 aromatic carbocycles. The Bertz CT molecular complexity index is 356. The average molecular weight is 178 g/mol. The van der Waals surface area contributed by atoms with Crippen LogP contribution >= 0.6 is 0 Å². The first-order valence-corrected chi connectivity index (χ1v) is 4.36. The molecule has 0 aromatic heterocycles. The molecular weight excluding hydrogens is 166 g/mol. The minimum atomic E-state index is 0.0133. The van der Waals surface area contributed by atoms with Crippen LogP contribution in [0.4, 0.5) is 5.69 Å². The Morgan fingerprint density at radius 2 is 2.15 bits per heavy atom. The van der Waals surface area contributed by atoms with Crippen LogP contribution in [0.2, 0.25) is 0 Å².